The summed E-state index contributed by atoms with van der Waals surface area (Å²) in [5.41, 5.74) is 6.36. The van der Waals surface area contributed by atoms with Crippen LogP contribution in [0.5, 0.6) is 0 Å². The molecule has 0 unspecified atom stereocenters. The lowest BCUT2D eigenvalue weighted by atomic mass is 10.1. The van der Waals surface area contributed by atoms with E-state index in [2.05, 4.69) is 49.1 Å². The zero-order valence-electron chi connectivity index (χ0n) is 14.3. The maximum absolute atomic E-state index is 8.74. The van der Waals surface area contributed by atoms with E-state index in [4.69, 9.17) is 5.41 Å². The van der Waals surface area contributed by atoms with Crippen molar-refractivity contribution in [2.24, 2.45) is 0 Å². The average Bonchev–Trinajstić information content (AvgIpc) is 3.04. The predicted molar refractivity (Wildman–Crippen MR) is 98.8 cm³/mol. The van der Waals surface area contributed by atoms with Crippen molar-refractivity contribution in [2.75, 3.05) is 23.4 Å². The quantitative estimate of drug-likeness (QED) is 0.673. The molecule has 0 atom stereocenters. The fourth-order valence-electron chi connectivity index (χ4n) is 3.52. The first-order valence-corrected chi connectivity index (χ1v) is 8.39. The highest BCUT2D eigenvalue weighted by atomic mass is 15.4. The first-order chi connectivity index (χ1) is 11.1. The summed E-state index contributed by atoms with van der Waals surface area (Å²) in [4.78, 5) is 4.10. The van der Waals surface area contributed by atoms with E-state index in [0.29, 0.717) is 5.96 Å². The zero-order valence-corrected chi connectivity index (χ0v) is 14.3. The molecule has 0 fully saturated rings. The Morgan fingerprint density at radius 3 is 2.52 bits per heavy atom. The maximum atomic E-state index is 8.74. The molecular weight excluding hydrogens is 282 g/mol. The largest absolute Gasteiger partial charge is 0.315 e. The van der Waals surface area contributed by atoms with Gasteiger partial charge in [0.15, 0.2) is 0 Å². The van der Waals surface area contributed by atoms with Crippen LogP contribution in [0.15, 0.2) is 42.5 Å². The minimum atomic E-state index is 0.530. The van der Waals surface area contributed by atoms with Crippen LogP contribution >= 0.6 is 0 Å². The van der Waals surface area contributed by atoms with E-state index in [-0.39, 0.29) is 0 Å². The van der Waals surface area contributed by atoms with E-state index in [9.17, 15) is 0 Å². The summed E-state index contributed by atoms with van der Waals surface area (Å²) in [6, 6.07) is 14.8. The smallest absolute Gasteiger partial charge is 0.202 e. The topological polar surface area (TPSA) is 30.3 Å². The van der Waals surface area contributed by atoms with E-state index in [0.717, 1.165) is 18.7 Å². The number of aryl methyl sites for hydroxylation is 2. The molecule has 3 heteroatoms. The minimum absolute atomic E-state index is 0.530. The molecule has 0 bridgehead atoms. The lowest BCUT2D eigenvalue weighted by molar-refractivity contribution is 0.907. The molecule has 2 aromatic carbocycles. The minimum Gasteiger partial charge on any atom is -0.315 e. The molecule has 1 N–H and O–H groups in total. The maximum Gasteiger partial charge on any atom is 0.202 e. The van der Waals surface area contributed by atoms with Gasteiger partial charge in [0.25, 0.3) is 0 Å². The van der Waals surface area contributed by atoms with Crippen molar-refractivity contribution >= 4 is 17.3 Å². The Balaban J connectivity index is 1.94. The van der Waals surface area contributed by atoms with Crippen LogP contribution in [0.4, 0.5) is 11.4 Å². The molecule has 0 radical (unpaired) electrons. The van der Waals surface area contributed by atoms with Crippen LogP contribution in [-0.4, -0.2) is 19.6 Å². The van der Waals surface area contributed by atoms with Gasteiger partial charge in [0.2, 0.25) is 5.96 Å². The fraction of sp³-hybridized carbons (Fsp3) is 0.350. The van der Waals surface area contributed by atoms with Gasteiger partial charge in [-0.25, -0.2) is 0 Å². The summed E-state index contributed by atoms with van der Waals surface area (Å²) < 4.78 is 0. The lowest BCUT2D eigenvalue weighted by Crippen LogP contribution is -2.42. The highest BCUT2D eigenvalue weighted by Gasteiger charge is 2.22. The van der Waals surface area contributed by atoms with Gasteiger partial charge < -0.3 is 9.80 Å². The third kappa shape index (κ3) is 2.83. The van der Waals surface area contributed by atoms with Gasteiger partial charge in [-0.2, -0.15) is 0 Å². The van der Waals surface area contributed by atoms with Crippen molar-refractivity contribution in [1.29, 1.82) is 5.41 Å². The van der Waals surface area contributed by atoms with Crippen LogP contribution in [0.2, 0.25) is 0 Å². The standard InChI is InChI=1S/C20H25N3/c1-4-23(19-14-8-11-16-10-7-12-17(16)19)20(21)22(3)18-13-6-5-9-15(18)2/h5-6,8-9,11,13-14,21H,4,7,10,12H2,1-3H3. The Labute approximate surface area is 139 Å². The van der Waals surface area contributed by atoms with Crippen LogP contribution < -0.4 is 9.80 Å². The van der Waals surface area contributed by atoms with Crippen LogP contribution in [0.1, 0.15) is 30.0 Å². The summed E-state index contributed by atoms with van der Waals surface area (Å²) in [5.74, 6) is 0.530. The van der Waals surface area contributed by atoms with Gasteiger partial charge in [-0.05, 0) is 61.9 Å². The monoisotopic (exact) mass is 307 g/mol. The SMILES string of the molecule is CCN(C(=N)N(C)c1ccccc1C)c1cccc2c1CCC2. The molecule has 3 rings (SSSR count). The van der Waals surface area contributed by atoms with Crippen LogP contribution in [-0.2, 0) is 12.8 Å². The highest BCUT2D eigenvalue weighted by molar-refractivity contribution is 6.05. The van der Waals surface area contributed by atoms with Crippen molar-refractivity contribution in [3.63, 3.8) is 0 Å². The third-order valence-electron chi connectivity index (χ3n) is 4.78. The molecule has 0 saturated carbocycles. The molecule has 0 spiro atoms. The van der Waals surface area contributed by atoms with Crippen LogP contribution in [0.25, 0.3) is 0 Å². The summed E-state index contributed by atoms with van der Waals surface area (Å²) in [6.45, 7) is 5.01. The number of anilines is 2. The molecule has 3 nitrogen and oxygen atoms in total. The number of nitrogens with one attached hydrogen (secondary N) is 1. The van der Waals surface area contributed by atoms with Gasteiger partial charge >= 0.3 is 0 Å². The predicted octanol–water partition coefficient (Wildman–Crippen LogP) is 4.38. The molecule has 0 saturated heterocycles. The van der Waals surface area contributed by atoms with Crippen molar-refractivity contribution in [3.05, 3.63) is 59.2 Å². The van der Waals surface area contributed by atoms with Gasteiger partial charge in [-0.15, -0.1) is 0 Å². The Morgan fingerprint density at radius 1 is 1.04 bits per heavy atom. The Hall–Kier alpha value is -2.29. The average molecular weight is 307 g/mol. The van der Waals surface area contributed by atoms with E-state index in [1.54, 1.807) is 0 Å². The second-order valence-electron chi connectivity index (χ2n) is 6.18. The van der Waals surface area contributed by atoms with Gasteiger partial charge in [0.05, 0.1) is 0 Å². The van der Waals surface area contributed by atoms with Crippen molar-refractivity contribution in [2.45, 2.75) is 33.1 Å². The number of para-hydroxylation sites is 1. The van der Waals surface area contributed by atoms with Crippen molar-refractivity contribution in [1.82, 2.24) is 0 Å². The molecule has 1 aliphatic rings. The number of guanidine groups is 1. The van der Waals surface area contributed by atoms with Crippen LogP contribution in [0.3, 0.4) is 0 Å². The zero-order chi connectivity index (χ0) is 16.4. The number of hydrogen-bond acceptors (Lipinski definition) is 1. The van der Waals surface area contributed by atoms with Gasteiger partial charge in [0.1, 0.15) is 0 Å². The second kappa shape index (κ2) is 6.45. The van der Waals surface area contributed by atoms with Gasteiger partial charge in [-0.3, -0.25) is 5.41 Å². The highest BCUT2D eigenvalue weighted by Crippen LogP contribution is 2.32. The van der Waals surface area contributed by atoms with Crippen molar-refractivity contribution in [3.8, 4) is 0 Å². The molecule has 23 heavy (non-hydrogen) atoms. The van der Waals surface area contributed by atoms with Crippen molar-refractivity contribution < 1.29 is 0 Å². The number of fused-ring (bicyclic) bond motifs is 1. The fourth-order valence-corrected chi connectivity index (χ4v) is 3.52. The number of hydrogen-bond donors (Lipinski definition) is 1. The van der Waals surface area contributed by atoms with Crippen LogP contribution in [0, 0.1) is 12.3 Å². The molecule has 120 valence electrons. The lowest BCUT2D eigenvalue weighted by Gasteiger charge is -2.32. The second-order valence-corrected chi connectivity index (χ2v) is 6.18. The summed E-state index contributed by atoms with van der Waals surface area (Å²) in [5, 5.41) is 8.74. The Morgan fingerprint density at radius 2 is 1.78 bits per heavy atom. The number of rotatable bonds is 3. The normalized spacial score (nSPS) is 12.8. The molecule has 0 amide bonds. The third-order valence-corrected chi connectivity index (χ3v) is 4.78. The molecule has 0 aliphatic heterocycles. The van der Waals surface area contributed by atoms with E-state index in [1.165, 1.54) is 35.2 Å². The molecule has 1 aliphatic carbocycles. The Kier molecular flexibility index (Phi) is 4.37. The molecule has 0 heterocycles. The van der Waals surface area contributed by atoms with Gasteiger partial charge in [-0.1, -0.05) is 30.3 Å². The molecule has 2 aromatic rings. The van der Waals surface area contributed by atoms with E-state index < -0.39 is 0 Å². The van der Waals surface area contributed by atoms with Gasteiger partial charge in [0, 0.05) is 25.0 Å². The number of benzene rings is 2. The molecular formula is C20H25N3. The molecule has 0 aromatic heterocycles. The summed E-state index contributed by atoms with van der Waals surface area (Å²) in [7, 11) is 1.98. The summed E-state index contributed by atoms with van der Waals surface area (Å²) >= 11 is 0. The van der Waals surface area contributed by atoms with E-state index >= 15 is 0 Å². The number of nitrogens with zero attached hydrogens (tertiary/aromatic N) is 2. The van der Waals surface area contributed by atoms with E-state index in [1.807, 2.05) is 24.1 Å². The first kappa shape index (κ1) is 15.6. The summed E-state index contributed by atoms with van der Waals surface area (Å²) in [6.07, 6.45) is 3.52. The Bertz CT molecular complexity index is 721. The first-order valence-electron chi connectivity index (χ1n) is 8.39.